The minimum absolute atomic E-state index is 0.114. The number of likely N-dealkylation sites (tertiary alicyclic amines) is 1. The van der Waals surface area contributed by atoms with Gasteiger partial charge in [0.2, 0.25) is 0 Å². The molecule has 8 nitrogen and oxygen atoms in total. The summed E-state index contributed by atoms with van der Waals surface area (Å²) in [4.78, 5) is 22.4. The maximum atomic E-state index is 12.6. The topological polar surface area (TPSA) is 86.4 Å². The Balaban J connectivity index is 1.23. The van der Waals surface area contributed by atoms with E-state index in [9.17, 15) is 4.79 Å². The lowest BCUT2D eigenvalue weighted by Gasteiger charge is -2.51. The molecule has 3 aromatic rings. The van der Waals surface area contributed by atoms with E-state index < -0.39 is 0 Å². The van der Waals surface area contributed by atoms with E-state index in [0.717, 1.165) is 77.2 Å². The fourth-order valence-electron chi connectivity index (χ4n) is 8.57. The Morgan fingerprint density at radius 2 is 1.80 bits per heavy atom. The molecule has 1 N–H and O–H groups in total. The second-order valence-corrected chi connectivity index (χ2v) is 13.7. The predicted octanol–water partition coefficient (Wildman–Crippen LogP) is 6.19. The molecule has 0 radical (unpaired) electrons. The number of hydrogen-bond acceptors (Lipinski definition) is 6. The molecule has 3 fully saturated rings. The van der Waals surface area contributed by atoms with Crippen LogP contribution in [0.5, 0.6) is 0 Å². The molecule has 238 valence electrons. The minimum atomic E-state index is -0.329. The van der Waals surface area contributed by atoms with Crippen LogP contribution < -0.4 is 10.2 Å². The molecule has 3 atom stereocenters. The van der Waals surface area contributed by atoms with Crippen LogP contribution in [0.2, 0.25) is 0 Å². The summed E-state index contributed by atoms with van der Waals surface area (Å²) in [7, 11) is 1.65. The highest BCUT2D eigenvalue weighted by Gasteiger charge is 2.53. The quantitative estimate of drug-likeness (QED) is 0.296. The van der Waals surface area contributed by atoms with E-state index in [-0.39, 0.29) is 23.5 Å². The van der Waals surface area contributed by atoms with Crippen molar-refractivity contribution in [2.75, 3.05) is 44.7 Å². The highest BCUT2D eigenvalue weighted by Crippen LogP contribution is 2.52. The van der Waals surface area contributed by atoms with E-state index in [0.29, 0.717) is 23.3 Å². The predicted molar refractivity (Wildman–Crippen MR) is 177 cm³/mol. The number of aromatic nitrogens is 2. The third kappa shape index (κ3) is 6.46. The number of ether oxygens (including phenoxy) is 1. The zero-order chi connectivity index (χ0) is 31.4. The van der Waals surface area contributed by atoms with Gasteiger partial charge < -0.3 is 24.4 Å². The average Bonchev–Trinajstić information content (AvgIpc) is 3.72. The molecule has 2 aromatic carbocycles. The van der Waals surface area contributed by atoms with Gasteiger partial charge in [-0.3, -0.25) is 0 Å². The normalized spacial score (nSPS) is 22.5. The smallest absolute Gasteiger partial charge is 0.407 e. The lowest BCUT2D eigenvalue weighted by Crippen LogP contribution is -2.55. The van der Waals surface area contributed by atoms with Crippen LogP contribution in [0.25, 0.3) is 0 Å². The zero-order valence-corrected chi connectivity index (χ0v) is 27.1. The van der Waals surface area contributed by atoms with Crippen LogP contribution in [0.15, 0.2) is 67.0 Å². The van der Waals surface area contributed by atoms with Crippen molar-refractivity contribution >= 4 is 11.8 Å². The van der Waals surface area contributed by atoms with Crippen molar-refractivity contribution in [3.8, 4) is 6.07 Å². The summed E-state index contributed by atoms with van der Waals surface area (Å²) >= 11 is 0. The van der Waals surface area contributed by atoms with Crippen LogP contribution in [0.1, 0.15) is 68.8 Å². The van der Waals surface area contributed by atoms with Gasteiger partial charge >= 0.3 is 6.09 Å². The summed E-state index contributed by atoms with van der Waals surface area (Å²) < 4.78 is 8.53. The van der Waals surface area contributed by atoms with Crippen molar-refractivity contribution in [2.45, 2.75) is 69.9 Å². The van der Waals surface area contributed by atoms with Crippen molar-refractivity contribution < 1.29 is 9.53 Å². The van der Waals surface area contributed by atoms with Gasteiger partial charge in [-0.05, 0) is 80.9 Å². The third-order valence-corrected chi connectivity index (χ3v) is 10.7. The maximum Gasteiger partial charge on any atom is 0.407 e. The Bertz CT molecular complexity index is 1450. The van der Waals surface area contributed by atoms with Gasteiger partial charge in [-0.2, -0.15) is 5.26 Å². The molecule has 1 saturated carbocycles. The molecule has 0 spiro atoms. The highest BCUT2D eigenvalue weighted by atomic mass is 16.6. The van der Waals surface area contributed by atoms with E-state index in [1.165, 1.54) is 11.3 Å². The summed E-state index contributed by atoms with van der Waals surface area (Å²) in [5, 5.41) is 11.8. The van der Waals surface area contributed by atoms with Crippen LogP contribution in [0.4, 0.5) is 10.5 Å². The van der Waals surface area contributed by atoms with Gasteiger partial charge in [0.15, 0.2) is 0 Å². The van der Waals surface area contributed by atoms with Crippen molar-refractivity contribution in [2.24, 2.45) is 17.8 Å². The summed E-state index contributed by atoms with van der Waals surface area (Å²) in [6.07, 6.45) is 8.92. The largest absolute Gasteiger partial charge is 0.446 e. The lowest BCUT2D eigenvalue weighted by molar-refractivity contribution is 0.00165. The maximum absolute atomic E-state index is 12.6. The number of nitrogens with one attached hydrogen (secondary N) is 1. The number of hydrogen-bond donors (Lipinski definition) is 1. The van der Waals surface area contributed by atoms with Crippen molar-refractivity contribution in [1.82, 2.24) is 19.8 Å². The van der Waals surface area contributed by atoms with Gasteiger partial charge in [-0.1, -0.05) is 44.2 Å². The van der Waals surface area contributed by atoms with Gasteiger partial charge in [0.1, 0.15) is 11.9 Å². The average molecular weight is 609 g/mol. The summed E-state index contributed by atoms with van der Waals surface area (Å²) in [5.41, 5.74) is 3.10. The second kappa shape index (κ2) is 13.7. The second-order valence-electron chi connectivity index (χ2n) is 13.7. The molecular formula is C37H48N6O2. The van der Waals surface area contributed by atoms with Crippen LogP contribution in [0, 0.1) is 29.1 Å². The molecule has 8 heteroatoms. The first-order chi connectivity index (χ1) is 21.9. The number of nitrogens with zero attached hydrogens (tertiary/aromatic N) is 5. The van der Waals surface area contributed by atoms with Crippen LogP contribution >= 0.6 is 0 Å². The number of benzene rings is 2. The number of carbonyl (C=O) groups excluding carboxylic acids is 1. The molecule has 1 aliphatic carbocycles. The van der Waals surface area contributed by atoms with Gasteiger partial charge in [-0.25, -0.2) is 9.78 Å². The first kappa shape index (κ1) is 31.2. The molecule has 45 heavy (non-hydrogen) atoms. The Labute approximate surface area is 268 Å². The number of piperidine rings is 1. The molecule has 1 amide bonds. The lowest BCUT2D eigenvalue weighted by atomic mass is 9.58. The molecule has 0 bridgehead atoms. The third-order valence-electron chi connectivity index (χ3n) is 10.7. The monoisotopic (exact) mass is 608 g/mol. The summed E-state index contributed by atoms with van der Waals surface area (Å²) in [6.45, 7) is 10.7. The highest BCUT2D eigenvalue weighted by molar-refractivity contribution is 5.67. The van der Waals surface area contributed by atoms with Crippen LogP contribution in [-0.2, 0) is 16.7 Å². The number of nitriles is 1. The van der Waals surface area contributed by atoms with E-state index in [1.54, 1.807) is 7.05 Å². The van der Waals surface area contributed by atoms with Crippen LogP contribution in [0.3, 0.4) is 0 Å². The Morgan fingerprint density at radius 1 is 1.07 bits per heavy atom. The van der Waals surface area contributed by atoms with Crippen molar-refractivity contribution in [3.63, 3.8) is 0 Å². The molecule has 1 aromatic heterocycles. The Kier molecular flexibility index (Phi) is 9.46. The zero-order valence-electron chi connectivity index (χ0n) is 27.1. The van der Waals surface area contributed by atoms with E-state index in [1.807, 2.05) is 18.3 Å². The van der Waals surface area contributed by atoms with Crippen molar-refractivity contribution in [3.05, 3.63) is 83.9 Å². The number of amides is 1. The first-order valence-corrected chi connectivity index (χ1v) is 16.8. The number of imidazole rings is 1. The molecule has 2 saturated heterocycles. The summed E-state index contributed by atoms with van der Waals surface area (Å²) in [5.74, 6) is 2.78. The van der Waals surface area contributed by atoms with Gasteiger partial charge in [0.25, 0.3) is 0 Å². The Hall–Kier alpha value is -3.83. The fourth-order valence-corrected chi connectivity index (χ4v) is 8.57. The minimum Gasteiger partial charge on any atom is -0.446 e. The number of carbonyl (C=O) groups is 1. The first-order valence-electron chi connectivity index (χ1n) is 16.8. The number of anilines is 1. The molecule has 2 aliphatic heterocycles. The van der Waals surface area contributed by atoms with E-state index in [4.69, 9.17) is 15.0 Å². The van der Waals surface area contributed by atoms with Crippen LogP contribution in [-0.4, -0.2) is 66.4 Å². The molecule has 6 rings (SSSR count). The molecule has 3 heterocycles. The number of rotatable bonds is 10. The summed E-state index contributed by atoms with van der Waals surface area (Å²) in [6, 6.07) is 21.3. The van der Waals surface area contributed by atoms with Gasteiger partial charge in [0.05, 0.1) is 11.6 Å². The molecular weight excluding hydrogens is 560 g/mol. The van der Waals surface area contributed by atoms with Gasteiger partial charge in [0, 0.05) is 74.5 Å². The fraction of sp³-hybridized carbons (Fsp3) is 0.541. The van der Waals surface area contributed by atoms with E-state index >= 15 is 0 Å². The standard InChI is InChI=1S/C37H48N6O2/c1-27(2)35-40-18-21-42(35)26-37(30-8-5-4-6-9-30,33-10-7-11-34(33)45-36(44)39-3)31-16-19-41(20-17-31)23-29-24-43(25-29)32-14-12-28(22-38)13-15-32/h4-6,8-9,12-15,18,21,27,29,31,33-34H,7,10-11,16-17,19-20,23-26H2,1-3H3,(H,39,44). The van der Waals surface area contributed by atoms with Crippen molar-refractivity contribution in [1.29, 1.82) is 5.26 Å². The molecule has 3 unspecified atom stereocenters. The SMILES string of the molecule is CNC(=O)OC1CCCC1C(Cn1ccnc1C(C)C)(c1ccccc1)C1CCN(CC2CN(c3ccc(C#N)cc3)C2)CC1. The number of alkyl carbamates (subject to hydrolysis) is 1. The Morgan fingerprint density at radius 3 is 2.47 bits per heavy atom. The molecule has 3 aliphatic rings. The van der Waals surface area contributed by atoms with E-state index in [2.05, 4.69) is 88.3 Å². The van der Waals surface area contributed by atoms with Gasteiger partial charge in [-0.15, -0.1) is 0 Å².